The third kappa shape index (κ3) is 5.43. The maximum absolute atomic E-state index is 13.5. The van der Waals surface area contributed by atoms with Gasteiger partial charge < -0.3 is 10.2 Å². The van der Waals surface area contributed by atoms with Crippen LogP contribution in [0.1, 0.15) is 22.3 Å². The van der Waals surface area contributed by atoms with Crippen molar-refractivity contribution >= 4 is 46.5 Å². The third-order valence-electron chi connectivity index (χ3n) is 5.23. The lowest BCUT2D eigenvalue weighted by Gasteiger charge is -2.35. The molecule has 1 aliphatic heterocycles. The molecule has 4 rings (SSSR count). The smallest absolute Gasteiger partial charge is 0.322 e. The van der Waals surface area contributed by atoms with Gasteiger partial charge in [-0.1, -0.05) is 23.2 Å². The molecule has 1 aliphatic rings. The van der Waals surface area contributed by atoms with Gasteiger partial charge in [0.1, 0.15) is 11.6 Å². The number of nitrogens with one attached hydrogen (secondary N) is 1. The number of hydrogen-bond acceptors (Lipinski definition) is 2. The molecule has 0 atom stereocenters. The molecule has 3 aromatic carbocycles. The zero-order chi connectivity index (χ0) is 23.5. The van der Waals surface area contributed by atoms with Gasteiger partial charge in [0.25, 0.3) is 5.91 Å². The number of nitrogens with zero attached hydrogens (tertiary/aromatic N) is 2. The van der Waals surface area contributed by atoms with Crippen LogP contribution < -0.4 is 10.2 Å². The highest BCUT2D eigenvalue weighted by molar-refractivity contribution is 6.42. The van der Waals surface area contributed by atoms with Crippen molar-refractivity contribution in [2.24, 2.45) is 0 Å². The second-order valence-corrected chi connectivity index (χ2v) is 8.43. The molecule has 0 saturated carbocycles. The minimum atomic E-state index is -0.676. The van der Waals surface area contributed by atoms with E-state index in [1.54, 1.807) is 46.2 Å². The summed E-state index contributed by atoms with van der Waals surface area (Å²) in [6.07, 6.45) is 0.708. The van der Waals surface area contributed by atoms with E-state index >= 15 is 0 Å². The zero-order valence-corrected chi connectivity index (χ0v) is 18.8. The maximum atomic E-state index is 13.5. The summed E-state index contributed by atoms with van der Waals surface area (Å²) < 4.78 is 27.0. The summed E-state index contributed by atoms with van der Waals surface area (Å²) in [7, 11) is 0. The fraction of sp³-hybridized carbons (Fsp3) is 0.167. The summed E-state index contributed by atoms with van der Waals surface area (Å²) in [5.41, 5.74) is 1.96. The molecular weight excluding hydrogens is 471 g/mol. The molecule has 0 unspecified atom stereocenters. The van der Waals surface area contributed by atoms with Crippen molar-refractivity contribution in [1.29, 1.82) is 0 Å². The van der Waals surface area contributed by atoms with Gasteiger partial charge >= 0.3 is 6.03 Å². The summed E-state index contributed by atoms with van der Waals surface area (Å²) in [6, 6.07) is 14.4. The van der Waals surface area contributed by atoms with Crippen LogP contribution in [0.4, 0.5) is 25.0 Å². The number of amides is 3. The average Bonchev–Trinajstić information content (AvgIpc) is 2.77. The molecule has 1 heterocycles. The minimum absolute atomic E-state index is 0.113. The van der Waals surface area contributed by atoms with Crippen LogP contribution in [0, 0.1) is 11.6 Å². The van der Waals surface area contributed by atoms with E-state index in [-0.39, 0.29) is 23.5 Å². The Morgan fingerprint density at radius 3 is 2.27 bits per heavy atom. The van der Waals surface area contributed by atoms with E-state index in [1.165, 1.54) is 18.2 Å². The topological polar surface area (TPSA) is 52.7 Å². The van der Waals surface area contributed by atoms with Crippen LogP contribution in [-0.2, 0) is 6.54 Å². The monoisotopic (exact) mass is 489 g/mol. The summed E-state index contributed by atoms with van der Waals surface area (Å²) in [6.45, 7) is 1.12. The van der Waals surface area contributed by atoms with Crippen LogP contribution in [0.2, 0.25) is 10.0 Å². The van der Waals surface area contributed by atoms with Crippen molar-refractivity contribution in [3.8, 4) is 0 Å². The predicted octanol–water partition coefficient (Wildman–Crippen LogP) is 6.36. The van der Waals surface area contributed by atoms with Gasteiger partial charge in [-0.2, -0.15) is 0 Å². The van der Waals surface area contributed by atoms with Crippen LogP contribution in [0.15, 0.2) is 60.7 Å². The summed E-state index contributed by atoms with van der Waals surface area (Å²) in [5, 5.41) is 3.42. The molecule has 1 fully saturated rings. The molecule has 0 spiro atoms. The molecule has 5 nitrogen and oxygen atoms in total. The lowest BCUT2D eigenvalue weighted by atomic mass is 10.1. The molecule has 0 radical (unpaired) electrons. The fourth-order valence-corrected chi connectivity index (χ4v) is 3.95. The van der Waals surface area contributed by atoms with E-state index in [4.69, 9.17) is 23.2 Å². The van der Waals surface area contributed by atoms with Crippen molar-refractivity contribution in [3.63, 3.8) is 0 Å². The molecule has 33 heavy (non-hydrogen) atoms. The molecule has 0 aromatic heterocycles. The largest absolute Gasteiger partial charge is 0.324 e. The number of anilines is 2. The Bertz CT molecular complexity index is 1180. The quantitative estimate of drug-likeness (QED) is 0.453. The lowest BCUT2D eigenvalue weighted by Crippen LogP contribution is -2.49. The first kappa shape index (κ1) is 23.0. The number of halogens is 4. The van der Waals surface area contributed by atoms with E-state index in [0.717, 1.165) is 6.07 Å². The van der Waals surface area contributed by atoms with Gasteiger partial charge in [0.05, 0.1) is 10.0 Å². The Morgan fingerprint density at radius 1 is 0.909 bits per heavy atom. The molecular formula is C24H19Cl2F2N3O2. The Hall–Kier alpha value is -3.16. The highest BCUT2D eigenvalue weighted by Gasteiger charge is 2.27. The van der Waals surface area contributed by atoms with Crippen LogP contribution in [0.3, 0.4) is 0 Å². The van der Waals surface area contributed by atoms with Crippen LogP contribution in [0.5, 0.6) is 0 Å². The van der Waals surface area contributed by atoms with E-state index < -0.39 is 11.6 Å². The average molecular weight is 490 g/mol. The Morgan fingerprint density at radius 2 is 1.61 bits per heavy atom. The number of rotatable bonds is 5. The number of carbonyl (C=O) groups excluding carboxylic acids is 2. The third-order valence-corrected chi connectivity index (χ3v) is 5.96. The SMILES string of the molecule is O=C(Nc1ccc(N2CCCN(Cc3cc(F)cc(F)c3)C2=O)cc1)c1ccc(Cl)c(Cl)c1. The second-order valence-electron chi connectivity index (χ2n) is 7.62. The second kappa shape index (κ2) is 9.77. The molecule has 1 saturated heterocycles. The highest BCUT2D eigenvalue weighted by Crippen LogP contribution is 2.25. The van der Waals surface area contributed by atoms with E-state index in [1.807, 2.05) is 0 Å². The number of urea groups is 1. The van der Waals surface area contributed by atoms with Gasteiger partial charge in [0.15, 0.2) is 0 Å². The summed E-state index contributed by atoms with van der Waals surface area (Å²) in [5.74, 6) is -1.70. The normalized spacial score (nSPS) is 13.9. The van der Waals surface area contributed by atoms with Gasteiger partial charge in [0.2, 0.25) is 0 Å². The highest BCUT2D eigenvalue weighted by atomic mass is 35.5. The molecule has 170 valence electrons. The van der Waals surface area contributed by atoms with Crippen LogP contribution in [-0.4, -0.2) is 29.9 Å². The number of carbonyl (C=O) groups is 2. The summed E-state index contributed by atoms with van der Waals surface area (Å²) in [4.78, 5) is 28.6. The van der Waals surface area contributed by atoms with E-state index in [0.29, 0.717) is 47.0 Å². The van der Waals surface area contributed by atoms with Crippen molar-refractivity contribution in [3.05, 3.63) is 93.5 Å². The fourth-order valence-electron chi connectivity index (χ4n) is 3.66. The molecule has 3 amide bonds. The van der Waals surface area contributed by atoms with Crippen molar-refractivity contribution in [1.82, 2.24) is 4.90 Å². The molecule has 0 bridgehead atoms. The van der Waals surface area contributed by atoms with Crippen molar-refractivity contribution < 1.29 is 18.4 Å². The molecule has 0 aliphatic carbocycles. The molecule has 9 heteroatoms. The zero-order valence-electron chi connectivity index (χ0n) is 17.3. The van der Waals surface area contributed by atoms with Gasteiger partial charge in [-0.05, 0) is 66.6 Å². The maximum Gasteiger partial charge on any atom is 0.324 e. The van der Waals surface area contributed by atoms with E-state index in [9.17, 15) is 18.4 Å². The van der Waals surface area contributed by atoms with Gasteiger partial charge in [-0.3, -0.25) is 9.69 Å². The van der Waals surface area contributed by atoms with Gasteiger partial charge in [0, 0.05) is 42.6 Å². The van der Waals surface area contributed by atoms with Gasteiger partial charge in [-0.15, -0.1) is 0 Å². The first-order chi connectivity index (χ1) is 15.8. The first-order valence-electron chi connectivity index (χ1n) is 10.2. The first-order valence-corrected chi connectivity index (χ1v) is 10.9. The number of benzene rings is 3. The standard InChI is InChI=1S/C24H19Cl2F2N3O2/c25-21-7-2-16(12-22(21)26)23(32)29-19-3-5-20(6-4-19)31-9-1-8-30(24(31)33)14-15-10-17(27)13-18(28)11-15/h2-7,10-13H,1,8-9,14H2,(H,29,32). The van der Waals surface area contributed by atoms with Crippen molar-refractivity contribution in [2.45, 2.75) is 13.0 Å². The number of hydrogen-bond donors (Lipinski definition) is 1. The summed E-state index contributed by atoms with van der Waals surface area (Å²) >= 11 is 11.9. The Labute approximate surface area is 199 Å². The molecule has 3 aromatic rings. The minimum Gasteiger partial charge on any atom is -0.322 e. The van der Waals surface area contributed by atoms with Gasteiger partial charge in [-0.25, -0.2) is 13.6 Å². The van der Waals surface area contributed by atoms with E-state index in [2.05, 4.69) is 5.32 Å². The predicted molar refractivity (Wildman–Crippen MR) is 125 cm³/mol. The lowest BCUT2D eigenvalue weighted by molar-refractivity contribution is 0.102. The molecule has 1 N–H and O–H groups in total. The van der Waals surface area contributed by atoms with Crippen molar-refractivity contribution in [2.75, 3.05) is 23.3 Å². The van der Waals surface area contributed by atoms with Crippen LogP contribution >= 0.6 is 23.2 Å². The Balaban J connectivity index is 1.43. The van der Waals surface area contributed by atoms with Crippen LogP contribution in [0.25, 0.3) is 0 Å². The Kier molecular flexibility index (Phi) is 6.81.